The molecule has 0 spiro atoms. The Morgan fingerprint density at radius 1 is 1.53 bits per heavy atom. The number of carbonyl (C=O) groups is 1. The number of hydrogen-bond acceptors (Lipinski definition) is 3. The van der Waals surface area contributed by atoms with Crippen molar-refractivity contribution in [3.05, 3.63) is 29.8 Å². The summed E-state index contributed by atoms with van der Waals surface area (Å²) in [6, 6.07) is 7.81. The third-order valence-electron chi connectivity index (χ3n) is 2.33. The van der Waals surface area contributed by atoms with E-state index in [2.05, 4.69) is 5.32 Å². The quantitative estimate of drug-likeness (QED) is 0.710. The van der Waals surface area contributed by atoms with Gasteiger partial charge in [0.05, 0.1) is 6.42 Å². The molecule has 0 amide bonds. The lowest BCUT2D eigenvalue weighted by molar-refractivity contribution is -0.137. The van der Waals surface area contributed by atoms with Gasteiger partial charge in [0, 0.05) is 12.6 Å². The first-order valence-corrected chi connectivity index (χ1v) is 5.72. The Morgan fingerprint density at radius 2 is 2.29 bits per heavy atom. The molecule has 0 radical (unpaired) electrons. The Morgan fingerprint density at radius 3 is 2.94 bits per heavy atom. The van der Waals surface area contributed by atoms with E-state index in [9.17, 15) is 4.79 Å². The highest BCUT2D eigenvalue weighted by Gasteiger charge is 2.05. The van der Waals surface area contributed by atoms with E-state index in [1.165, 1.54) is 0 Å². The van der Waals surface area contributed by atoms with E-state index in [4.69, 9.17) is 9.84 Å². The smallest absolute Gasteiger partial charge is 0.304 e. The van der Waals surface area contributed by atoms with Crippen molar-refractivity contribution in [2.75, 3.05) is 13.2 Å². The SMILES string of the molecule is Cc1cccc(OCCNC(C)CC(=O)O)c1. The molecule has 0 aromatic heterocycles. The van der Waals surface area contributed by atoms with Crippen LogP contribution in [0.3, 0.4) is 0 Å². The highest BCUT2D eigenvalue weighted by molar-refractivity contribution is 5.67. The molecule has 4 nitrogen and oxygen atoms in total. The molecule has 0 aliphatic rings. The molecule has 0 bridgehead atoms. The van der Waals surface area contributed by atoms with Gasteiger partial charge in [0.15, 0.2) is 0 Å². The molecule has 1 unspecified atom stereocenters. The van der Waals surface area contributed by atoms with Crippen molar-refractivity contribution in [3.63, 3.8) is 0 Å². The van der Waals surface area contributed by atoms with E-state index < -0.39 is 5.97 Å². The summed E-state index contributed by atoms with van der Waals surface area (Å²) in [6.45, 7) is 5.04. The van der Waals surface area contributed by atoms with Gasteiger partial charge in [-0.3, -0.25) is 4.79 Å². The van der Waals surface area contributed by atoms with Crippen molar-refractivity contribution in [1.82, 2.24) is 5.32 Å². The van der Waals surface area contributed by atoms with Crippen LogP contribution in [0.1, 0.15) is 18.9 Å². The Balaban J connectivity index is 2.18. The second kappa shape index (κ2) is 6.91. The fraction of sp³-hybridized carbons (Fsp3) is 0.462. The number of benzene rings is 1. The summed E-state index contributed by atoms with van der Waals surface area (Å²) in [5.74, 6) is 0.0577. The van der Waals surface area contributed by atoms with Crippen molar-refractivity contribution in [1.29, 1.82) is 0 Å². The molecule has 0 saturated heterocycles. The standard InChI is InChI=1S/C13H19NO3/c1-10-4-3-5-12(8-10)17-7-6-14-11(2)9-13(15)16/h3-5,8,11,14H,6-7,9H2,1-2H3,(H,15,16). The van der Waals surface area contributed by atoms with Crippen LogP contribution in [0.5, 0.6) is 5.75 Å². The number of aryl methyl sites for hydroxylation is 1. The highest BCUT2D eigenvalue weighted by Crippen LogP contribution is 2.11. The lowest BCUT2D eigenvalue weighted by atomic mass is 10.2. The van der Waals surface area contributed by atoms with Gasteiger partial charge in [-0.2, -0.15) is 0 Å². The summed E-state index contributed by atoms with van der Waals surface area (Å²) in [4.78, 5) is 10.4. The number of rotatable bonds is 7. The van der Waals surface area contributed by atoms with Crippen molar-refractivity contribution >= 4 is 5.97 Å². The fourth-order valence-corrected chi connectivity index (χ4v) is 1.51. The highest BCUT2D eigenvalue weighted by atomic mass is 16.5. The molecular formula is C13H19NO3. The minimum absolute atomic E-state index is 0.0337. The van der Waals surface area contributed by atoms with Crippen molar-refractivity contribution in [3.8, 4) is 5.75 Å². The van der Waals surface area contributed by atoms with E-state index in [1.807, 2.05) is 38.1 Å². The summed E-state index contributed by atoms with van der Waals surface area (Å²) >= 11 is 0. The Hall–Kier alpha value is -1.55. The zero-order valence-corrected chi connectivity index (χ0v) is 10.3. The number of carboxylic acid groups (broad SMARTS) is 1. The maximum absolute atomic E-state index is 10.4. The van der Waals surface area contributed by atoms with E-state index in [1.54, 1.807) is 0 Å². The number of carboxylic acids is 1. The fourth-order valence-electron chi connectivity index (χ4n) is 1.51. The number of aliphatic carboxylic acids is 1. The second-order valence-corrected chi connectivity index (χ2v) is 4.12. The topological polar surface area (TPSA) is 58.6 Å². The van der Waals surface area contributed by atoms with Gasteiger partial charge in [0.2, 0.25) is 0 Å². The van der Waals surface area contributed by atoms with E-state index in [-0.39, 0.29) is 12.5 Å². The molecule has 1 aromatic rings. The van der Waals surface area contributed by atoms with Gasteiger partial charge in [0.25, 0.3) is 0 Å². The lowest BCUT2D eigenvalue weighted by Gasteiger charge is -2.12. The predicted molar refractivity (Wildman–Crippen MR) is 66.4 cm³/mol. The molecular weight excluding hydrogens is 218 g/mol. The normalized spacial score (nSPS) is 12.1. The summed E-state index contributed by atoms with van der Waals surface area (Å²) in [5.41, 5.74) is 1.16. The maximum Gasteiger partial charge on any atom is 0.304 e. The first-order valence-electron chi connectivity index (χ1n) is 5.72. The van der Waals surface area contributed by atoms with Crippen LogP contribution in [0.2, 0.25) is 0 Å². The molecule has 0 saturated carbocycles. The number of hydrogen-bond donors (Lipinski definition) is 2. The number of ether oxygens (including phenoxy) is 1. The minimum atomic E-state index is -0.787. The predicted octanol–water partition coefficient (Wildman–Crippen LogP) is 1.83. The van der Waals surface area contributed by atoms with Gasteiger partial charge >= 0.3 is 5.97 Å². The van der Waals surface area contributed by atoms with Gasteiger partial charge in [-0.05, 0) is 31.5 Å². The third-order valence-corrected chi connectivity index (χ3v) is 2.33. The first-order chi connectivity index (χ1) is 8.08. The van der Waals surface area contributed by atoms with E-state index >= 15 is 0 Å². The van der Waals surface area contributed by atoms with Crippen LogP contribution in [0.15, 0.2) is 24.3 Å². The molecule has 94 valence electrons. The molecule has 4 heteroatoms. The Bertz CT molecular complexity index is 365. The molecule has 17 heavy (non-hydrogen) atoms. The van der Waals surface area contributed by atoms with Crippen molar-refractivity contribution in [2.24, 2.45) is 0 Å². The van der Waals surface area contributed by atoms with Crippen LogP contribution < -0.4 is 10.1 Å². The third kappa shape index (κ3) is 5.92. The molecule has 2 N–H and O–H groups in total. The van der Waals surface area contributed by atoms with Crippen LogP contribution in [-0.2, 0) is 4.79 Å². The molecule has 0 heterocycles. The Kier molecular flexibility index (Phi) is 5.49. The molecule has 0 aliphatic carbocycles. The Labute approximate surface area is 102 Å². The van der Waals surface area contributed by atoms with Crippen LogP contribution in [0.4, 0.5) is 0 Å². The molecule has 1 rings (SSSR count). The van der Waals surface area contributed by atoms with Gasteiger partial charge in [-0.15, -0.1) is 0 Å². The summed E-state index contributed by atoms with van der Waals surface area (Å²) in [6.07, 6.45) is 0.129. The molecule has 0 aliphatic heterocycles. The first kappa shape index (κ1) is 13.5. The van der Waals surface area contributed by atoms with E-state index in [0.717, 1.165) is 11.3 Å². The average molecular weight is 237 g/mol. The van der Waals surface area contributed by atoms with Gasteiger partial charge in [0.1, 0.15) is 12.4 Å². The van der Waals surface area contributed by atoms with Gasteiger partial charge in [-0.25, -0.2) is 0 Å². The second-order valence-electron chi connectivity index (χ2n) is 4.12. The summed E-state index contributed by atoms with van der Waals surface area (Å²) < 4.78 is 5.53. The van der Waals surface area contributed by atoms with Gasteiger partial charge in [-0.1, -0.05) is 12.1 Å². The van der Waals surface area contributed by atoms with Crippen LogP contribution in [0.25, 0.3) is 0 Å². The van der Waals surface area contributed by atoms with Crippen LogP contribution in [-0.4, -0.2) is 30.3 Å². The van der Waals surface area contributed by atoms with Crippen molar-refractivity contribution < 1.29 is 14.6 Å². The summed E-state index contributed by atoms with van der Waals surface area (Å²) in [5, 5.41) is 11.7. The monoisotopic (exact) mass is 237 g/mol. The van der Waals surface area contributed by atoms with Crippen molar-refractivity contribution in [2.45, 2.75) is 26.3 Å². The zero-order chi connectivity index (χ0) is 12.7. The van der Waals surface area contributed by atoms with Crippen LogP contribution >= 0.6 is 0 Å². The zero-order valence-electron chi connectivity index (χ0n) is 10.3. The van der Waals surface area contributed by atoms with Crippen LogP contribution in [0, 0.1) is 6.92 Å². The largest absolute Gasteiger partial charge is 0.492 e. The average Bonchev–Trinajstić information content (AvgIpc) is 2.23. The lowest BCUT2D eigenvalue weighted by Crippen LogP contribution is -2.31. The minimum Gasteiger partial charge on any atom is -0.492 e. The molecule has 1 aromatic carbocycles. The molecule has 1 atom stereocenters. The number of nitrogens with one attached hydrogen (secondary N) is 1. The summed E-state index contributed by atoms with van der Waals surface area (Å²) in [7, 11) is 0. The molecule has 0 fully saturated rings. The van der Waals surface area contributed by atoms with E-state index in [0.29, 0.717) is 13.2 Å². The maximum atomic E-state index is 10.4. The van der Waals surface area contributed by atoms with Gasteiger partial charge < -0.3 is 15.2 Å².